The third-order valence-electron chi connectivity index (χ3n) is 2.59. The highest BCUT2D eigenvalue weighted by Crippen LogP contribution is 2.27. The van der Waals surface area contributed by atoms with Crippen molar-refractivity contribution in [1.29, 1.82) is 0 Å². The Morgan fingerprint density at radius 2 is 1.93 bits per heavy atom. The molecule has 14 heavy (non-hydrogen) atoms. The first-order valence-electron chi connectivity index (χ1n) is 4.61. The third-order valence-corrected chi connectivity index (χ3v) is 3.61. The van der Waals surface area contributed by atoms with Crippen LogP contribution in [0.1, 0.15) is 22.3 Å². The number of halogens is 1. The second kappa shape index (κ2) is 4.94. The summed E-state index contributed by atoms with van der Waals surface area (Å²) in [4.78, 5) is 0. The SMILES string of the molecule is Cc1ccc(/C(I)=C/CO)c(C)c1C. The molecule has 1 aromatic rings. The van der Waals surface area contributed by atoms with Crippen LogP contribution >= 0.6 is 22.6 Å². The van der Waals surface area contributed by atoms with Gasteiger partial charge in [-0.25, -0.2) is 0 Å². The molecule has 0 aromatic heterocycles. The van der Waals surface area contributed by atoms with Gasteiger partial charge in [0.05, 0.1) is 6.61 Å². The lowest BCUT2D eigenvalue weighted by Crippen LogP contribution is -1.92. The van der Waals surface area contributed by atoms with Gasteiger partial charge in [0.1, 0.15) is 0 Å². The first-order chi connectivity index (χ1) is 6.57. The maximum absolute atomic E-state index is 8.83. The monoisotopic (exact) mass is 302 g/mol. The molecule has 0 aliphatic rings. The summed E-state index contributed by atoms with van der Waals surface area (Å²) >= 11 is 2.26. The average Bonchev–Trinajstić information content (AvgIpc) is 2.15. The Labute approximate surface area is 99.0 Å². The molecule has 1 nitrogen and oxygen atoms in total. The van der Waals surface area contributed by atoms with E-state index in [1.807, 2.05) is 6.08 Å². The highest BCUT2D eigenvalue weighted by atomic mass is 127. The molecule has 0 saturated heterocycles. The molecule has 0 unspecified atom stereocenters. The van der Waals surface area contributed by atoms with Crippen LogP contribution in [0, 0.1) is 20.8 Å². The minimum Gasteiger partial charge on any atom is -0.392 e. The molecule has 0 atom stereocenters. The molecule has 0 radical (unpaired) electrons. The summed E-state index contributed by atoms with van der Waals surface area (Å²) in [5.41, 5.74) is 5.18. The van der Waals surface area contributed by atoms with Gasteiger partial charge in [-0.1, -0.05) is 12.1 Å². The van der Waals surface area contributed by atoms with Gasteiger partial charge in [0.15, 0.2) is 0 Å². The Morgan fingerprint density at radius 3 is 2.50 bits per heavy atom. The fourth-order valence-electron chi connectivity index (χ4n) is 1.40. The first-order valence-corrected chi connectivity index (χ1v) is 5.69. The van der Waals surface area contributed by atoms with Crippen LogP contribution in [0.2, 0.25) is 0 Å². The smallest absolute Gasteiger partial charge is 0.0625 e. The zero-order valence-electron chi connectivity index (χ0n) is 8.76. The molecule has 0 heterocycles. The summed E-state index contributed by atoms with van der Waals surface area (Å²) in [5, 5.41) is 8.83. The molecule has 0 amide bonds. The van der Waals surface area contributed by atoms with E-state index >= 15 is 0 Å². The van der Waals surface area contributed by atoms with E-state index in [4.69, 9.17) is 5.11 Å². The van der Waals surface area contributed by atoms with Crippen molar-refractivity contribution in [2.45, 2.75) is 20.8 Å². The maximum Gasteiger partial charge on any atom is 0.0625 e. The zero-order valence-corrected chi connectivity index (χ0v) is 10.9. The van der Waals surface area contributed by atoms with Crippen molar-refractivity contribution >= 4 is 26.2 Å². The van der Waals surface area contributed by atoms with Crippen LogP contribution in [0.15, 0.2) is 18.2 Å². The zero-order chi connectivity index (χ0) is 10.7. The molecule has 0 spiro atoms. The highest BCUT2D eigenvalue weighted by molar-refractivity contribution is 14.1. The van der Waals surface area contributed by atoms with Crippen molar-refractivity contribution in [3.63, 3.8) is 0 Å². The highest BCUT2D eigenvalue weighted by Gasteiger charge is 2.05. The van der Waals surface area contributed by atoms with Gasteiger partial charge in [-0.2, -0.15) is 0 Å². The first kappa shape index (κ1) is 11.7. The van der Waals surface area contributed by atoms with Gasteiger partial charge in [-0.3, -0.25) is 0 Å². The maximum atomic E-state index is 8.83. The molecule has 0 aliphatic heterocycles. The van der Waals surface area contributed by atoms with Crippen LogP contribution < -0.4 is 0 Å². The molecule has 1 aromatic carbocycles. The van der Waals surface area contributed by atoms with Gasteiger partial charge < -0.3 is 5.11 Å². The van der Waals surface area contributed by atoms with Crippen LogP contribution in [0.3, 0.4) is 0 Å². The molecule has 0 fully saturated rings. The fraction of sp³-hybridized carbons (Fsp3) is 0.333. The largest absolute Gasteiger partial charge is 0.392 e. The standard InChI is InChI=1S/C12H15IO/c1-8-4-5-11(10(3)9(8)2)12(13)6-7-14/h4-6,14H,7H2,1-3H3/b12-6-. The van der Waals surface area contributed by atoms with Crippen LogP contribution in [-0.2, 0) is 0 Å². The quantitative estimate of drug-likeness (QED) is 0.830. The molecule has 0 bridgehead atoms. The fourth-order valence-corrected chi connectivity index (χ4v) is 2.19. The number of aryl methyl sites for hydroxylation is 1. The molecular formula is C12H15IO. The topological polar surface area (TPSA) is 20.2 Å². The molecule has 1 rings (SSSR count). The van der Waals surface area contributed by atoms with Gasteiger partial charge >= 0.3 is 0 Å². The van der Waals surface area contributed by atoms with Gasteiger partial charge in [-0.15, -0.1) is 0 Å². The Morgan fingerprint density at radius 1 is 1.29 bits per heavy atom. The number of benzene rings is 1. The predicted octanol–water partition coefficient (Wildman–Crippen LogP) is 3.38. The van der Waals surface area contributed by atoms with E-state index in [-0.39, 0.29) is 6.61 Å². The molecule has 0 saturated carbocycles. The van der Waals surface area contributed by atoms with Crippen molar-refractivity contribution in [2.24, 2.45) is 0 Å². The summed E-state index contributed by atoms with van der Waals surface area (Å²) in [5.74, 6) is 0. The van der Waals surface area contributed by atoms with Crippen molar-refractivity contribution in [2.75, 3.05) is 6.61 Å². The summed E-state index contributed by atoms with van der Waals surface area (Å²) in [6.07, 6.45) is 1.83. The Kier molecular flexibility index (Phi) is 4.13. The van der Waals surface area contributed by atoms with Crippen LogP contribution in [-0.4, -0.2) is 11.7 Å². The molecular weight excluding hydrogens is 287 g/mol. The summed E-state index contributed by atoms with van der Waals surface area (Å²) in [6, 6.07) is 4.24. The van der Waals surface area contributed by atoms with Gasteiger partial charge in [-0.05, 0) is 71.7 Å². The molecule has 2 heteroatoms. The van der Waals surface area contributed by atoms with E-state index < -0.39 is 0 Å². The molecule has 0 aliphatic carbocycles. The number of aliphatic hydroxyl groups excluding tert-OH is 1. The number of aliphatic hydroxyl groups is 1. The number of rotatable bonds is 2. The number of hydrogen-bond donors (Lipinski definition) is 1. The Balaban J connectivity index is 3.24. The van der Waals surface area contributed by atoms with Crippen LogP contribution in [0.5, 0.6) is 0 Å². The van der Waals surface area contributed by atoms with Crippen molar-refractivity contribution in [3.8, 4) is 0 Å². The predicted molar refractivity (Wildman–Crippen MR) is 69.7 cm³/mol. The minimum atomic E-state index is 0.102. The minimum absolute atomic E-state index is 0.102. The second-order valence-electron chi connectivity index (χ2n) is 3.41. The second-order valence-corrected chi connectivity index (χ2v) is 4.58. The van der Waals surface area contributed by atoms with Crippen LogP contribution in [0.4, 0.5) is 0 Å². The van der Waals surface area contributed by atoms with Crippen molar-refractivity contribution in [3.05, 3.63) is 40.5 Å². The van der Waals surface area contributed by atoms with E-state index in [9.17, 15) is 0 Å². The van der Waals surface area contributed by atoms with E-state index in [0.29, 0.717) is 0 Å². The molecule has 1 N–H and O–H groups in total. The lowest BCUT2D eigenvalue weighted by Gasteiger charge is -2.10. The lowest BCUT2D eigenvalue weighted by atomic mass is 9.99. The van der Waals surface area contributed by atoms with E-state index in [0.717, 1.165) is 3.58 Å². The Bertz CT molecular complexity index is 367. The van der Waals surface area contributed by atoms with Gasteiger partial charge in [0, 0.05) is 3.58 Å². The Hall–Kier alpha value is -0.350. The van der Waals surface area contributed by atoms with Crippen molar-refractivity contribution < 1.29 is 5.11 Å². The van der Waals surface area contributed by atoms with E-state index in [2.05, 4.69) is 55.5 Å². The van der Waals surface area contributed by atoms with E-state index in [1.165, 1.54) is 22.3 Å². The van der Waals surface area contributed by atoms with Gasteiger partial charge in [0.2, 0.25) is 0 Å². The number of hydrogen-bond acceptors (Lipinski definition) is 1. The van der Waals surface area contributed by atoms with E-state index in [1.54, 1.807) is 0 Å². The lowest BCUT2D eigenvalue weighted by molar-refractivity contribution is 0.343. The summed E-state index contributed by atoms with van der Waals surface area (Å²) in [7, 11) is 0. The van der Waals surface area contributed by atoms with Crippen LogP contribution in [0.25, 0.3) is 3.58 Å². The normalized spacial score (nSPS) is 11.9. The average molecular weight is 302 g/mol. The van der Waals surface area contributed by atoms with Gasteiger partial charge in [0.25, 0.3) is 0 Å². The summed E-state index contributed by atoms with van der Waals surface area (Å²) in [6.45, 7) is 6.48. The van der Waals surface area contributed by atoms with Crippen molar-refractivity contribution in [1.82, 2.24) is 0 Å². The third kappa shape index (κ3) is 2.36. The molecule has 76 valence electrons. The summed E-state index contributed by atoms with van der Waals surface area (Å²) < 4.78 is 1.12.